The van der Waals surface area contributed by atoms with Gasteiger partial charge in [0.25, 0.3) is 10.1 Å². The molecule has 1 N–H and O–H groups in total. The first-order valence-electron chi connectivity index (χ1n) is 7.55. The molecule has 0 saturated carbocycles. The molecule has 0 atom stereocenters. The molecule has 0 bridgehead atoms. The van der Waals surface area contributed by atoms with Gasteiger partial charge in [-0.2, -0.15) is 8.42 Å². The first-order chi connectivity index (χ1) is 11.9. The van der Waals surface area contributed by atoms with Crippen LogP contribution in [0.5, 0.6) is 0 Å². The minimum Gasteiger partial charge on any atom is -0.282 e. The molecule has 0 amide bonds. The van der Waals surface area contributed by atoms with Crippen molar-refractivity contribution in [3.05, 3.63) is 88.9 Å². The fraction of sp³-hybridized carbons (Fsp3) is 0. The molecular weight excluding hydrogens is 356 g/mol. The summed E-state index contributed by atoms with van der Waals surface area (Å²) in [5, 5.41) is 0.404. The molecule has 25 heavy (non-hydrogen) atoms. The highest BCUT2D eigenvalue weighted by molar-refractivity contribution is 7.85. The minimum atomic E-state index is -4.27. The van der Waals surface area contributed by atoms with Crippen LogP contribution in [-0.4, -0.2) is 13.0 Å². The van der Waals surface area contributed by atoms with Gasteiger partial charge in [-0.25, -0.2) is 0 Å². The summed E-state index contributed by atoms with van der Waals surface area (Å²) in [5.41, 5.74) is 3.63. The van der Waals surface area contributed by atoms with Crippen LogP contribution in [0.1, 0.15) is 11.1 Å². The summed E-state index contributed by atoms with van der Waals surface area (Å²) in [6.07, 6.45) is 3.61. The van der Waals surface area contributed by atoms with Crippen LogP contribution in [0.4, 0.5) is 0 Å². The second-order valence-corrected chi connectivity index (χ2v) is 7.27. The molecule has 0 saturated heterocycles. The van der Waals surface area contributed by atoms with Gasteiger partial charge in [0, 0.05) is 5.02 Å². The van der Waals surface area contributed by atoms with Crippen molar-refractivity contribution in [2.45, 2.75) is 4.90 Å². The van der Waals surface area contributed by atoms with E-state index in [-0.39, 0.29) is 4.90 Å². The Morgan fingerprint density at radius 2 is 1.44 bits per heavy atom. The van der Waals surface area contributed by atoms with Crippen molar-refractivity contribution >= 4 is 33.9 Å². The zero-order valence-electron chi connectivity index (χ0n) is 13.1. The molecule has 3 nitrogen and oxygen atoms in total. The van der Waals surface area contributed by atoms with E-state index >= 15 is 0 Å². The molecule has 0 aromatic heterocycles. The van der Waals surface area contributed by atoms with E-state index in [9.17, 15) is 13.0 Å². The molecule has 3 aromatic rings. The Hall–Kier alpha value is -2.40. The van der Waals surface area contributed by atoms with Crippen LogP contribution in [0.25, 0.3) is 23.3 Å². The molecule has 0 radical (unpaired) electrons. The number of rotatable bonds is 4. The summed E-state index contributed by atoms with van der Waals surface area (Å²) < 4.78 is 31.8. The lowest BCUT2D eigenvalue weighted by molar-refractivity contribution is 0.483. The Bertz CT molecular complexity index is 1030. The first-order valence-corrected chi connectivity index (χ1v) is 9.36. The molecule has 5 heteroatoms. The van der Waals surface area contributed by atoms with Crippen molar-refractivity contribution in [3.63, 3.8) is 0 Å². The van der Waals surface area contributed by atoms with E-state index in [4.69, 9.17) is 11.6 Å². The van der Waals surface area contributed by atoms with Gasteiger partial charge in [0.2, 0.25) is 0 Å². The number of halogens is 1. The van der Waals surface area contributed by atoms with Crippen LogP contribution in [0, 0.1) is 0 Å². The summed E-state index contributed by atoms with van der Waals surface area (Å²) in [4.78, 5) is -0.187. The Kier molecular flexibility index (Phi) is 5.04. The van der Waals surface area contributed by atoms with E-state index in [1.165, 1.54) is 18.2 Å². The maximum atomic E-state index is 11.3. The van der Waals surface area contributed by atoms with Crippen molar-refractivity contribution in [1.82, 2.24) is 0 Å². The van der Waals surface area contributed by atoms with Crippen molar-refractivity contribution in [1.29, 1.82) is 0 Å². The van der Waals surface area contributed by atoms with Gasteiger partial charge >= 0.3 is 0 Å². The fourth-order valence-electron chi connectivity index (χ4n) is 2.51. The van der Waals surface area contributed by atoms with E-state index < -0.39 is 10.1 Å². The largest absolute Gasteiger partial charge is 0.294 e. The molecule has 126 valence electrons. The minimum absolute atomic E-state index is 0.187. The van der Waals surface area contributed by atoms with Crippen molar-refractivity contribution in [2.24, 2.45) is 0 Å². The molecular formula is C20H15ClO3S. The predicted molar refractivity (Wildman–Crippen MR) is 102 cm³/mol. The Balaban J connectivity index is 2.02. The van der Waals surface area contributed by atoms with E-state index in [0.29, 0.717) is 10.6 Å². The quantitative estimate of drug-likeness (QED) is 0.492. The molecule has 0 aliphatic rings. The molecule has 0 aliphatic heterocycles. The van der Waals surface area contributed by atoms with Crippen LogP contribution >= 0.6 is 11.6 Å². The van der Waals surface area contributed by atoms with Gasteiger partial charge in [-0.1, -0.05) is 78.4 Å². The summed E-state index contributed by atoms with van der Waals surface area (Å²) in [6.45, 7) is 0. The first kappa shape index (κ1) is 17.4. The smallest absolute Gasteiger partial charge is 0.282 e. The third kappa shape index (κ3) is 4.17. The van der Waals surface area contributed by atoms with Gasteiger partial charge in [0.1, 0.15) is 0 Å². The average Bonchev–Trinajstić information content (AvgIpc) is 2.61. The van der Waals surface area contributed by atoms with Gasteiger partial charge in [-0.15, -0.1) is 0 Å². The molecule has 0 heterocycles. The van der Waals surface area contributed by atoms with Crippen LogP contribution in [0.3, 0.4) is 0 Å². The van der Waals surface area contributed by atoms with E-state index in [1.807, 2.05) is 60.7 Å². The molecule has 0 unspecified atom stereocenters. The monoisotopic (exact) mass is 370 g/mol. The van der Waals surface area contributed by atoms with Crippen molar-refractivity contribution in [3.8, 4) is 11.1 Å². The summed E-state index contributed by atoms with van der Waals surface area (Å²) >= 11 is 6.14. The second-order valence-electron chi connectivity index (χ2n) is 5.44. The normalized spacial score (nSPS) is 11.8. The third-order valence-corrected chi connectivity index (χ3v) is 4.95. The molecule has 0 fully saturated rings. The highest BCUT2D eigenvalue weighted by Gasteiger charge is 2.11. The van der Waals surface area contributed by atoms with Gasteiger partial charge in [0.05, 0.1) is 4.90 Å². The number of hydrogen-bond donors (Lipinski definition) is 1. The van der Waals surface area contributed by atoms with Crippen LogP contribution in [-0.2, 0) is 10.1 Å². The average molecular weight is 371 g/mol. The lowest BCUT2D eigenvalue weighted by Gasteiger charge is -2.07. The van der Waals surface area contributed by atoms with Crippen LogP contribution < -0.4 is 0 Å². The topological polar surface area (TPSA) is 54.4 Å². The Morgan fingerprint density at radius 3 is 2.16 bits per heavy atom. The number of benzene rings is 3. The predicted octanol–water partition coefficient (Wildman–Crippen LogP) is 5.42. The summed E-state index contributed by atoms with van der Waals surface area (Å²) in [7, 11) is -4.27. The zero-order chi connectivity index (χ0) is 17.9. The van der Waals surface area contributed by atoms with E-state index in [0.717, 1.165) is 16.7 Å². The third-order valence-electron chi connectivity index (χ3n) is 3.75. The number of hydrogen-bond acceptors (Lipinski definition) is 2. The zero-order valence-corrected chi connectivity index (χ0v) is 14.7. The maximum Gasteiger partial charge on any atom is 0.294 e. The highest BCUT2D eigenvalue weighted by Crippen LogP contribution is 2.27. The van der Waals surface area contributed by atoms with Gasteiger partial charge in [0.15, 0.2) is 0 Å². The SMILES string of the molecule is O=S(=O)(O)c1ccc(Cl)c(/C=C/c2ccccc2-c2ccccc2)c1. The standard InChI is InChI=1S/C20H15ClO3S/c21-20-13-12-18(25(22,23)24)14-17(20)11-10-16-8-4-5-9-19(16)15-6-2-1-3-7-15/h1-14H,(H,22,23,24)/b11-10+. The summed E-state index contributed by atoms with van der Waals surface area (Å²) in [6, 6.07) is 21.9. The van der Waals surface area contributed by atoms with Crippen LogP contribution in [0.15, 0.2) is 77.7 Å². The molecule has 0 spiro atoms. The maximum absolute atomic E-state index is 11.3. The second kappa shape index (κ2) is 7.23. The molecule has 3 aromatic carbocycles. The van der Waals surface area contributed by atoms with E-state index in [1.54, 1.807) is 6.08 Å². The highest BCUT2D eigenvalue weighted by atomic mass is 35.5. The van der Waals surface area contributed by atoms with Crippen molar-refractivity contribution < 1.29 is 13.0 Å². The fourth-order valence-corrected chi connectivity index (χ4v) is 3.21. The van der Waals surface area contributed by atoms with Gasteiger partial charge in [-0.05, 0) is 40.5 Å². The lowest BCUT2D eigenvalue weighted by atomic mass is 9.99. The Labute approximate surface area is 152 Å². The molecule has 3 rings (SSSR count). The van der Waals surface area contributed by atoms with E-state index in [2.05, 4.69) is 0 Å². The van der Waals surface area contributed by atoms with Crippen molar-refractivity contribution in [2.75, 3.05) is 0 Å². The van der Waals surface area contributed by atoms with Gasteiger partial charge < -0.3 is 0 Å². The molecule has 0 aliphatic carbocycles. The Morgan fingerprint density at radius 1 is 0.800 bits per heavy atom. The van der Waals surface area contributed by atoms with Gasteiger partial charge in [-0.3, -0.25) is 4.55 Å². The lowest BCUT2D eigenvalue weighted by Crippen LogP contribution is -1.98. The summed E-state index contributed by atoms with van der Waals surface area (Å²) in [5.74, 6) is 0. The van der Waals surface area contributed by atoms with Crippen LogP contribution in [0.2, 0.25) is 5.02 Å².